The van der Waals surface area contributed by atoms with Gasteiger partial charge in [-0.05, 0) is 0 Å². The van der Waals surface area contributed by atoms with Gasteiger partial charge in [-0.1, -0.05) is 18.5 Å². The van der Waals surface area contributed by atoms with E-state index in [2.05, 4.69) is 21.5 Å². The predicted octanol–water partition coefficient (Wildman–Crippen LogP) is 2.60. The molecule has 2 aromatic heterocycles. The number of rotatable bonds is 3. The Morgan fingerprint density at radius 2 is 2.36 bits per heavy atom. The summed E-state index contributed by atoms with van der Waals surface area (Å²) in [6, 6.07) is 0. The first-order valence-electron chi connectivity index (χ1n) is 4.40. The summed E-state index contributed by atoms with van der Waals surface area (Å²) >= 11 is 7.27. The molecule has 0 saturated heterocycles. The molecule has 0 aliphatic rings. The quantitative estimate of drug-likeness (QED) is 0.807. The van der Waals surface area contributed by atoms with Crippen molar-refractivity contribution in [1.82, 2.24) is 14.5 Å². The first-order chi connectivity index (χ1) is 6.79. The van der Waals surface area contributed by atoms with Gasteiger partial charge < -0.3 is 4.57 Å². The lowest BCUT2D eigenvalue weighted by Gasteiger charge is -2.02. The summed E-state index contributed by atoms with van der Waals surface area (Å²) in [5.74, 6) is 1.09. The van der Waals surface area contributed by atoms with E-state index in [9.17, 15) is 0 Å². The van der Waals surface area contributed by atoms with E-state index in [4.69, 9.17) is 11.6 Å². The molecule has 3 nitrogen and oxygen atoms in total. The molecule has 0 atom stereocenters. The Hall–Kier alpha value is -0.870. The highest BCUT2D eigenvalue weighted by Gasteiger charge is 2.03. The van der Waals surface area contributed by atoms with E-state index in [1.165, 1.54) is 11.3 Å². The maximum atomic E-state index is 5.76. The second kappa shape index (κ2) is 4.11. The maximum absolute atomic E-state index is 5.76. The smallest absolute Gasteiger partial charge is 0.183 e. The molecule has 0 radical (unpaired) electrons. The zero-order valence-corrected chi connectivity index (χ0v) is 9.35. The van der Waals surface area contributed by atoms with Gasteiger partial charge in [0.15, 0.2) is 4.47 Å². The van der Waals surface area contributed by atoms with Gasteiger partial charge in [-0.3, -0.25) is 0 Å². The third-order valence-corrected chi connectivity index (χ3v) is 3.07. The Balaban J connectivity index is 2.18. The fourth-order valence-corrected chi connectivity index (χ4v) is 2.30. The molecule has 74 valence electrons. The van der Waals surface area contributed by atoms with Crippen molar-refractivity contribution in [3.05, 3.63) is 33.8 Å². The second-order valence-electron chi connectivity index (χ2n) is 2.90. The van der Waals surface area contributed by atoms with Crippen molar-refractivity contribution in [2.24, 2.45) is 0 Å². The summed E-state index contributed by atoms with van der Waals surface area (Å²) in [6.07, 6.45) is 6.56. The minimum atomic E-state index is 0.596. The minimum absolute atomic E-state index is 0.596. The number of halogens is 1. The van der Waals surface area contributed by atoms with E-state index in [1.807, 2.05) is 18.6 Å². The summed E-state index contributed by atoms with van der Waals surface area (Å²) in [6.45, 7) is 2.91. The summed E-state index contributed by atoms with van der Waals surface area (Å²) < 4.78 is 2.71. The molecule has 0 fully saturated rings. The van der Waals surface area contributed by atoms with Gasteiger partial charge >= 0.3 is 0 Å². The van der Waals surface area contributed by atoms with E-state index in [0.29, 0.717) is 4.47 Å². The monoisotopic (exact) mass is 227 g/mol. The van der Waals surface area contributed by atoms with Gasteiger partial charge in [-0.15, -0.1) is 11.3 Å². The molecule has 0 saturated carbocycles. The van der Waals surface area contributed by atoms with Crippen LogP contribution in [0, 0.1) is 0 Å². The summed E-state index contributed by atoms with van der Waals surface area (Å²) in [4.78, 5) is 9.41. The highest BCUT2D eigenvalue weighted by molar-refractivity contribution is 7.15. The molecule has 0 N–H and O–H groups in total. The van der Waals surface area contributed by atoms with Gasteiger partial charge in [0.05, 0.1) is 6.54 Å². The third kappa shape index (κ3) is 1.96. The van der Waals surface area contributed by atoms with Crippen LogP contribution in [0.25, 0.3) is 0 Å². The standard InChI is InChI=1S/C9H10ClN3S/c1-2-8-11-3-4-13(8)6-7-5-12-9(10)14-7/h3-5H,2,6H2,1H3. The Bertz CT molecular complexity index is 421. The largest absolute Gasteiger partial charge is 0.330 e. The molecule has 0 aromatic carbocycles. The van der Waals surface area contributed by atoms with Crippen molar-refractivity contribution in [3.63, 3.8) is 0 Å². The Labute approximate surface area is 91.4 Å². The van der Waals surface area contributed by atoms with Crippen LogP contribution >= 0.6 is 22.9 Å². The van der Waals surface area contributed by atoms with Crippen LogP contribution in [0.4, 0.5) is 0 Å². The van der Waals surface area contributed by atoms with Crippen LogP contribution in [0.2, 0.25) is 4.47 Å². The average Bonchev–Trinajstić information content (AvgIpc) is 2.76. The van der Waals surface area contributed by atoms with Crippen molar-refractivity contribution in [2.45, 2.75) is 19.9 Å². The zero-order chi connectivity index (χ0) is 9.97. The number of aryl methyl sites for hydroxylation is 1. The lowest BCUT2D eigenvalue weighted by Crippen LogP contribution is -2.01. The van der Waals surface area contributed by atoms with Gasteiger partial charge in [0.25, 0.3) is 0 Å². The van der Waals surface area contributed by atoms with Gasteiger partial charge in [-0.25, -0.2) is 9.97 Å². The second-order valence-corrected chi connectivity index (χ2v) is 4.60. The molecule has 14 heavy (non-hydrogen) atoms. The van der Waals surface area contributed by atoms with Crippen LogP contribution in [0.1, 0.15) is 17.6 Å². The molecule has 2 heterocycles. The lowest BCUT2D eigenvalue weighted by molar-refractivity contribution is 0.739. The number of nitrogens with zero attached hydrogens (tertiary/aromatic N) is 3. The molecule has 0 aliphatic carbocycles. The molecule has 0 bridgehead atoms. The summed E-state index contributed by atoms with van der Waals surface area (Å²) in [7, 11) is 0. The third-order valence-electron chi connectivity index (χ3n) is 1.97. The molecular formula is C9H10ClN3S. The fraction of sp³-hybridized carbons (Fsp3) is 0.333. The van der Waals surface area contributed by atoms with Crippen molar-refractivity contribution >= 4 is 22.9 Å². The zero-order valence-electron chi connectivity index (χ0n) is 7.77. The molecule has 2 rings (SSSR count). The molecular weight excluding hydrogens is 218 g/mol. The first-order valence-corrected chi connectivity index (χ1v) is 5.59. The number of hydrogen-bond donors (Lipinski definition) is 0. The van der Waals surface area contributed by atoms with Crippen molar-refractivity contribution in [1.29, 1.82) is 0 Å². The Morgan fingerprint density at radius 3 is 3.00 bits per heavy atom. The van der Waals surface area contributed by atoms with E-state index >= 15 is 0 Å². The summed E-state index contributed by atoms with van der Waals surface area (Å²) in [5, 5.41) is 0. The van der Waals surface area contributed by atoms with Gasteiger partial charge in [-0.2, -0.15) is 0 Å². The highest BCUT2D eigenvalue weighted by Crippen LogP contribution is 2.19. The molecule has 0 aliphatic heterocycles. The van der Waals surface area contributed by atoms with E-state index in [-0.39, 0.29) is 0 Å². The van der Waals surface area contributed by atoms with E-state index in [0.717, 1.165) is 23.7 Å². The van der Waals surface area contributed by atoms with Crippen LogP contribution in [-0.2, 0) is 13.0 Å². The first kappa shape index (κ1) is 9.68. The van der Waals surface area contributed by atoms with Crippen molar-refractivity contribution in [3.8, 4) is 0 Å². The normalized spacial score (nSPS) is 10.7. The Kier molecular flexibility index (Phi) is 2.84. The number of imidazole rings is 1. The van der Waals surface area contributed by atoms with Crippen LogP contribution < -0.4 is 0 Å². The molecule has 2 aromatic rings. The fourth-order valence-electron chi connectivity index (χ4n) is 1.32. The molecule has 5 heteroatoms. The van der Waals surface area contributed by atoms with Crippen LogP contribution in [0.3, 0.4) is 0 Å². The molecule has 0 unspecified atom stereocenters. The predicted molar refractivity (Wildman–Crippen MR) is 57.8 cm³/mol. The summed E-state index contributed by atoms with van der Waals surface area (Å²) in [5.41, 5.74) is 0. The van der Waals surface area contributed by atoms with Crippen LogP contribution in [0.5, 0.6) is 0 Å². The number of aromatic nitrogens is 3. The SMILES string of the molecule is CCc1nccn1Cc1cnc(Cl)s1. The van der Waals surface area contributed by atoms with Gasteiger partial charge in [0.1, 0.15) is 5.82 Å². The molecule has 0 spiro atoms. The van der Waals surface area contributed by atoms with Crippen LogP contribution in [0.15, 0.2) is 18.6 Å². The minimum Gasteiger partial charge on any atom is -0.330 e. The molecule has 0 amide bonds. The van der Waals surface area contributed by atoms with Crippen LogP contribution in [-0.4, -0.2) is 14.5 Å². The van der Waals surface area contributed by atoms with Gasteiger partial charge in [0.2, 0.25) is 0 Å². The van der Waals surface area contributed by atoms with E-state index < -0.39 is 0 Å². The highest BCUT2D eigenvalue weighted by atomic mass is 35.5. The number of hydrogen-bond acceptors (Lipinski definition) is 3. The average molecular weight is 228 g/mol. The van der Waals surface area contributed by atoms with Crippen molar-refractivity contribution < 1.29 is 0 Å². The van der Waals surface area contributed by atoms with Crippen molar-refractivity contribution in [2.75, 3.05) is 0 Å². The Morgan fingerprint density at radius 1 is 1.50 bits per heavy atom. The van der Waals surface area contributed by atoms with Gasteiger partial charge in [0, 0.05) is 29.9 Å². The lowest BCUT2D eigenvalue weighted by atomic mass is 10.4. The van der Waals surface area contributed by atoms with E-state index in [1.54, 1.807) is 0 Å². The maximum Gasteiger partial charge on any atom is 0.183 e. The number of thiazole rings is 1. The topological polar surface area (TPSA) is 30.7 Å².